The minimum absolute atomic E-state index is 0.0664. The highest BCUT2D eigenvalue weighted by Crippen LogP contribution is 2.30. The third-order valence-corrected chi connectivity index (χ3v) is 3.48. The van der Waals surface area contributed by atoms with Gasteiger partial charge in [0.2, 0.25) is 5.16 Å². The molecule has 2 aromatic rings. The van der Waals surface area contributed by atoms with Gasteiger partial charge in [-0.25, -0.2) is 4.68 Å². The van der Waals surface area contributed by atoms with Crippen molar-refractivity contribution in [2.75, 3.05) is 12.3 Å². The fraction of sp³-hybridized carbons (Fsp3) is 0.300. The van der Waals surface area contributed by atoms with E-state index in [0.717, 1.165) is 5.56 Å². The Morgan fingerprint density at radius 3 is 2.89 bits per heavy atom. The third kappa shape index (κ3) is 3.13. The van der Waals surface area contributed by atoms with Gasteiger partial charge in [-0.3, -0.25) is 5.21 Å². The first-order chi connectivity index (χ1) is 9.11. The Bertz CT molecular complexity index is 560. The lowest BCUT2D eigenvalue weighted by Crippen LogP contribution is -2.09. The van der Waals surface area contributed by atoms with Gasteiger partial charge in [0.1, 0.15) is 5.75 Å². The van der Waals surface area contributed by atoms with E-state index in [1.54, 1.807) is 23.9 Å². The summed E-state index contributed by atoms with van der Waals surface area (Å²) in [5.74, 6) is 0.880. The van der Waals surface area contributed by atoms with E-state index in [-0.39, 0.29) is 10.9 Å². The van der Waals surface area contributed by atoms with Crippen molar-refractivity contribution in [2.24, 2.45) is 7.05 Å². The van der Waals surface area contributed by atoms with Gasteiger partial charge in [-0.15, -0.1) is 5.10 Å². The molecule has 0 aliphatic rings. The van der Waals surface area contributed by atoms with Crippen LogP contribution in [-0.2, 0) is 12.8 Å². The van der Waals surface area contributed by atoms with E-state index in [1.165, 1.54) is 18.9 Å². The fourth-order valence-electron chi connectivity index (χ4n) is 1.47. The Labute approximate surface area is 113 Å². The van der Waals surface area contributed by atoms with Crippen molar-refractivity contribution in [2.45, 2.75) is 10.9 Å². The smallest absolute Gasteiger partial charge is 0.209 e. The number of anilines is 1. The maximum atomic E-state index is 11.0. The zero-order chi connectivity index (χ0) is 13.8. The molecule has 0 radical (unpaired) electrons. The van der Waals surface area contributed by atoms with Crippen LogP contribution in [0.2, 0.25) is 0 Å². The van der Waals surface area contributed by atoms with Crippen molar-refractivity contribution >= 4 is 17.4 Å². The van der Waals surface area contributed by atoms with Crippen molar-refractivity contribution in [1.82, 2.24) is 20.2 Å². The zero-order valence-corrected chi connectivity index (χ0v) is 11.2. The molecular formula is C10H12N5O3S-. The van der Waals surface area contributed by atoms with E-state index in [2.05, 4.69) is 15.5 Å². The molecule has 0 saturated carbocycles. The number of rotatable bonds is 5. The van der Waals surface area contributed by atoms with Gasteiger partial charge in [-0.1, -0.05) is 17.8 Å². The molecule has 102 valence electrons. The molecule has 1 aromatic carbocycles. The molecule has 0 bridgehead atoms. The standard InChI is InChI=1S/C10H12N5O3S/c1-14-10(11-12-13-14)19-6-7-3-4-9(18-2)8(5-7)15(16)17/h3-5,16H,6H2,1-2H3/q-1. The van der Waals surface area contributed by atoms with Gasteiger partial charge in [0, 0.05) is 12.8 Å². The number of ether oxygens (including phenoxy) is 1. The van der Waals surface area contributed by atoms with E-state index in [4.69, 9.17) is 9.94 Å². The first-order valence-electron chi connectivity index (χ1n) is 5.30. The summed E-state index contributed by atoms with van der Waals surface area (Å²) in [6.07, 6.45) is 0. The molecule has 0 amide bonds. The van der Waals surface area contributed by atoms with Gasteiger partial charge >= 0.3 is 0 Å². The summed E-state index contributed by atoms with van der Waals surface area (Å²) in [7, 11) is 3.18. The number of hydrogen-bond acceptors (Lipinski definition) is 8. The highest BCUT2D eigenvalue weighted by Gasteiger charge is 2.07. The van der Waals surface area contributed by atoms with Crippen LogP contribution in [0, 0.1) is 5.21 Å². The Balaban J connectivity index is 2.13. The van der Waals surface area contributed by atoms with E-state index in [1.807, 2.05) is 6.07 Å². The summed E-state index contributed by atoms with van der Waals surface area (Å²) < 4.78 is 6.54. The number of thioether (sulfide) groups is 1. The van der Waals surface area contributed by atoms with Crippen LogP contribution >= 0.6 is 11.8 Å². The molecule has 0 atom stereocenters. The van der Waals surface area contributed by atoms with Crippen LogP contribution in [0.4, 0.5) is 5.69 Å². The average Bonchev–Trinajstić information content (AvgIpc) is 2.81. The van der Waals surface area contributed by atoms with Crippen LogP contribution in [0.25, 0.3) is 0 Å². The second-order valence-corrected chi connectivity index (χ2v) is 4.60. The normalized spacial score (nSPS) is 10.5. The number of aryl methyl sites for hydroxylation is 1. The Morgan fingerprint density at radius 2 is 2.32 bits per heavy atom. The maximum absolute atomic E-state index is 11.0. The lowest BCUT2D eigenvalue weighted by atomic mass is 10.2. The van der Waals surface area contributed by atoms with Crippen LogP contribution in [0.15, 0.2) is 23.4 Å². The van der Waals surface area contributed by atoms with Crippen LogP contribution in [0.1, 0.15) is 5.56 Å². The Kier molecular flexibility index (Phi) is 4.20. The summed E-state index contributed by atoms with van der Waals surface area (Å²) in [5.41, 5.74) is 0.912. The fourth-order valence-corrected chi connectivity index (χ4v) is 2.26. The summed E-state index contributed by atoms with van der Waals surface area (Å²) in [6, 6.07) is 4.99. The molecule has 1 aromatic heterocycles. The number of tetrazole rings is 1. The topological polar surface area (TPSA) is 99.4 Å². The van der Waals surface area contributed by atoms with E-state index < -0.39 is 0 Å². The molecule has 8 nitrogen and oxygen atoms in total. The zero-order valence-electron chi connectivity index (χ0n) is 10.3. The van der Waals surface area contributed by atoms with Gasteiger partial charge in [-0.05, 0) is 28.1 Å². The van der Waals surface area contributed by atoms with Gasteiger partial charge in [0.15, 0.2) is 0 Å². The van der Waals surface area contributed by atoms with Crippen molar-refractivity contribution in [3.63, 3.8) is 0 Å². The van der Waals surface area contributed by atoms with E-state index in [9.17, 15) is 5.21 Å². The maximum Gasteiger partial charge on any atom is 0.209 e. The molecule has 0 aliphatic heterocycles. The molecule has 0 saturated heterocycles. The second kappa shape index (κ2) is 5.87. The van der Waals surface area contributed by atoms with Gasteiger partial charge < -0.3 is 15.2 Å². The van der Waals surface area contributed by atoms with Crippen LogP contribution < -0.4 is 9.96 Å². The lowest BCUT2D eigenvalue weighted by Gasteiger charge is -2.24. The van der Waals surface area contributed by atoms with Crippen molar-refractivity contribution in [1.29, 1.82) is 0 Å². The van der Waals surface area contributed by atoms with E-state index >= 15 is 0 Å². The first-order valence-corrected chi connectivity index (χ1v) is 6.28. The summed E-state index contributed by atoms with van der Waals surface area (Å²) in [4.78, 5) is 0. The van der Waals surface area contributed by atoms with Crippen LogP contribution in [0.3, 0.4) is 0 Å². The number of aromatic nitrogens is 4. The molecule has 0 fully saturated rings. The summed E-state index contributed by atoms with van der Waals surface area (Å²) in [5, 5.41) is 31.6. The van der Waals surface area contributed by atoms with Crippen LogP contribution in [0.5, 0.6) is 5.75 Å². The molecule has 9 heteroatoms. The minimum Gasteiger partial charge on any atom is -0.733 e. The van der Waals surface area contributed by atoms with Gasteiger partial charge in [0.25, 0.3) is 0 Å². The third-order valence-electron chi connectivity index (χ3n) is 2.40. The summed E-state index contributed by atoms with van der Waals surface area (Å²) in [6.45, 7) is 0. The largest absolute Gasteiger partial charge is 0.733 e. The Hall–Kier alpha value is -1.84. The van der Waals surface area contributed by atoms with Crippen molar-refractivity contribution in [3.05, 3.63) is 29.0 Å². The molecule has 1 N–H and O–H groups in total. The molecule has 1 heterocycles. The quantitative estimate of drug-likeness (QED) is 0.645. The SMILES string of the molecule is COc1ccc(CSc2nnnn2C)cc1N([O-])O. The molecule has 19 heavy (non-hydrogen) atoms. The highest BCUT2D eigenvalue weighted by atomic mass is 32.2. The van der Waals surface area contributed by atoms with Crippen LogP contribution in [-0.4, -0.2) is 32.5 Å². The second-order valence-electron chi connectivity index (χ2n) is 3.65. The van der Waals surface area contributed by atoms with E-state index in [0.29, 0.717) is 16.7 Å². The monoisotopic (exact) mass is 282 g/mol. The molecule has 0 unspecified atom stereocenters. The average molecular weight is 282 g/mol. The number of hydrogen-bond donors (Lipinski definition) is 1. The Morgan fingerprint density at radius 1 is 1.53 bits per heavy atom. The highest BCUT2D eigenvalue weighted by molar-refractivity contribution is 7.98. The molecule has 0 aliphatic carbocycles. The molecule has 2 rings (SSSR count). The van der Waals surface area contributed by atoms with Crippen molar-refractivity contribution < 1.29 is 9.94 Å². The molecular weight excluding hydrogens is 270 g/mol. The van der Waals surface area contributed by atoms with Gasteiger partial charge in [0.05, 0.1) is 12.8 Å². The number of benzene rings is 1. The summed E-state index contributed by atoms with van der Waals surface area (Å²) >= 11 is 1.42. The lowest BCUT2D eigenvalue weighted by molar-refractivity contribution is 0.290. The number of nitrogens with zero attached hydrogens (tertiary/aromatic N) is 5. The predicted octanol–water partition coefficient (Wildman–Crippen LogP) is 1.20. The predicted molar refractivity (Wildman–Crippen MR) is 69.0 cm³/mol. The molecule has 0 spiro atoms. The number of methoxy groups -OCH3 is 1. The van der Waals surface area contributed by atoms with Crippen molar-refractivity contribution in [3.8, 4) is 5.75 Å². The van der Waals surface area contributed by atoms with Gasteiger partial charge in [-0.2, -0.15) is 0 Å². The minimum atomic E-state index is -0.211. The first kappa shape index (κ1) is 13.6.